The molecule has 1 atom stereocenters. The van der Waals surface area contributed by atoms with Crippen LogP contribution in [0.15, 0.2) is 78.9 Å². The van der Waals surface area contributed by atoms with E-state index in [1.807, 2.05) is 42.5 Å². The van der Waals surface area contributed by atoms with Crippen molar-refractivity contribution in [3.63, 3.8) is 0 Å². The van der Waals surface area contributed by atoms with Crippen LogP contribution in [0.2, 0.25) is 5.02 Å². The molecule has 1 aliphatic rings. The van der Waals surface area contributed by atoms with Gasteiger partial charge in [-0.1, -0.05) is 41.9 Å². The van der Waals surface area contributed by atoms with Gasteiger partial charge in [-0.3, -0.25) is 9.59 Å². The zero-order valence-corrected chi connectivity index (χ0v) is 16.3. The quantitative estimate of drug-likeness (QED) is 0.639. The molecule has 1 heterocycles. The number of carbonyl (C=O) groups excluding carboxylic acids is 2. The highest BCUT2D eigenvalue weighted by molar-refractivity contribution is 6.33. The lowest BCUT2D eigenvalue weighted by molar-refractivity contribution is -0.122. The highest BCUT2D eigenvalue weighted by atomic mass is 35.5. The van der Waals surface area contributed by atoms with Crippen molar-refractivity contribution in [1.82, 2.24) is 0 Å². The molecule has 4 rings (SSSR count). The van der Waals surface area contributed by atoms with Gasteiger partial charge < -0.3 is 15.0 Å². The second-order valence-electron chi connectivity index (χ2n) is 6.79. The number of benzene rings is 3. The second kappa shape index (κ2) is 8.37. The third-order valence-corrected chi connectivity index (χ3v) is 5.06. The summed E-state index contributed by atoms with van der Waals surface area (Å²) >= 11 is 6.19. The van der Waals surface area contributed by atoms with Gasteiger partial charge in [-0.15, -0.1) is 0 Å². The second-order valence-corrected chi connectivity index (χ2v) is 7.19. The Morgan fingerprint density at radius 1 is 0.931 bits per heavy atom. The van der Waals surface area contributed by atoms with E-state index in [2.05, 4.69) is 5.32 Å². The molecule has 6 heteroatoms. The standard InChI is InChI=1S/C23H19ClN2O3/c24-20-8-4-5-9-21(20)26-15-16(14-22(26)27)23(28)25-17-10-12-19(13-11-17)29-18-6-2-1-3-7-18/h1-13,16H,14-15H2,(H,25,28)/t16-/m0/s1. The van der Waals surface area contributed by atoms with E-state index in [1.54, 1.807) is 41.3 Å². The van der Waals surface area contributed by atoms with Crippen LogP contribution < -0.4 is 15.0 Å². The van der Waals surface area contributed by atoms with Gasteiger partial charge in [0.05, 0.1) is 16.6 Å². The molecule has 0 saturated carbocycles. The van der Waals surface area contributed by atoms with E-state index < -0.39 is 5.92 Å². The van der Waals surface area contributed by atoms with Crippen molar-refractivity contribution in [2.75, 3.05) is 16.8 Å². The number of nitrogens with one attached hydrogen (secondary N) is 1. The highest BCUT2D eigenvalue weighted by Gasteiger charge is 2.35. The minimum absolute atomic E-state index is 0.107. The van der Waals surface area contributed by atoms with Crippen LogP contribution in [0.4, 0.5) is 11.4 Å². The van der Waals surface area contributed by atoms with E-state index in [1.165, 1.54) is 0 Å². The van der Waals surface area contributed by atoms with Gasteiger partial charge in [0, 0.05) is 18.7 Å². The number of halogens is 1. The van der Waals surface area contributed by atoms with Crippen molar-refractivity contribution in [2.45, 2.75) is 6.42 Å². The summed E-state index contributed by atoms with van der Waals surface area (Å²) in [6, 6.07) is 23.7. The maximum atomic E-state index is 12.6. The summed E-state index contributed by atoms with van der Waals surface area (Å²) in [5, 5.41) is 3.37. The minimum Gasteiger partial charge on any atom is -0.457 e. The van der Waals surface area contributed by atoms with Crippen LogP contribution in [0.3, 0.4) is 0 Å². The van der Waals surface area contributed by atoms with Crippen LogP contribution in [0.25, 0.3) is 0 Å². The van der Waals surface area contributed by atoms with E-state index >= 15 is 0 Å². The third kappa shape index (κ3) is 4.41. The van der Waals surface area contributed by atoms with Gasteiger partial charge in [0.25, 0.3) is 0 Å². The van der Waals surface area contributed by atoms with Crippen molar-refractivity contribution >= 4 is 34.8 Å². The lowest BCUT2D eigenvalue weighted by Crippen LogP contribution is -2.28. The number of para-hydroxylation sites is 2. The molecule has 3 aromatic rings. The van der Waals surface area contributed by atoms with Crippen molar-refractivity contribution in [3.8, 4) is 11.5 Å². The third-order valence-electron chi connectivity index (χ3n) is 4.74. The first-order chi connectivity index (χ1) is 14.1. The van der Waals surface area contributed by atoms with Crippen LogP contribution in [0.5, 0.6) is 11.5 Å². The number of carbonyl (C=O) groups is 2. The first-order valence-electron chi connectivity index (χ1n) is 9.29. The van der Waals surface area contributed by atoms with Gasteiger partial charge >= 0.3 is 0 Å². The molecule has 29 heavy (non-hydrogen) atoms. The number of hydrogen-bond donors (Lipinski definition) is 1. The molecule has 5 nitrogen and oxygen atoms in total. The van der Waals surface area contributed by atoms with Gasteiger partial charge in [-0.2, -0.15) is 0 Å². The highest BCUT2D eigenvalue weighted by Crippen LogP contribution is 2.31. The predicted molar refractivity (Wildman–Crippen MR) is 113 cm³/mol. The smallest absolute Gasteiger partial charge is 0.229 e. The molecule has 0 spiro atoms. The molecule has 3 aromatic carbocycles. The van der Waals surface area contributed by atoms with Gasteiger partial charge in [0.1, 0.15) is 11.5 Å². The average molecular weight is 407 g/mol. The molecule has 2 amide bonds. The first-order valence-corrected chi connectivity index (χ1v) is 9.67. The molecule has 1 N–H and O–H groups in total. The molecule has 0 unspecified atom stereocenters. The van der Waals surface area contributed by atoms with Crippen molar-refractivity contribution < 1.29 is 14.3 Å². The fraction of sp³-hybridized carbons (Fsp3) is 0.130. The van der Waals surface area contributed by atoms with E-state index in [4.69, 9.17) is 16.3 Å². The Bertz CT molecular complexity index is 1020. The van der Waals surface area contributed by atoms with Gasteiger partial charge in [-0.25, -0.2) is 0 Å². The maximum absolute atomic E-state index is 12.6. The molecule has 1 saturated heterocycles. The van der Waals surface area contributed by atoms with Crippen molar-refractivity contribution in [3.05, 3.63) is 83.9 Å². The van der Waals surface area contributed by atoms with Gasteiger partial charge in [0.2, 0.25) is 11.8 Å². The lowest BCUT2D eigenvalue weighted by atomic mass is 10.1. The van der Waals surface area contributed by atoms with Crippen molar-refractivity contribution in [2.24, 2.45) is 5.92 Å². The number of anilines is 2. The van der Waals surface area contributed by atoms with Gasteiger partial charge in [0.15, 0.2) is 0 Å². The Labute approximate surface area is 173 Å². The number of rotatable bonds is 5. The van der Waals surface area contributed by atoms with Crippen LogP contribution >= 0.6 is 11.6 Å². The molecule has 146 valence electrons. The summed E-state index contributed by atoms with van der Waals surface area (Å²) in [6.07, 6.45) is 0.159. The Morgan fingerprint density at radius 3 is 2.31 bits per heavy atom. The largest absolute Gasteiger partial charge is 0.457 e. The summed E-state index contributed by atoms with van der Waals surface area (Å²) in [4.78, 5) is 26.6. The maximum Gasteiger partial charge on any atom is 0.229 e. The summed E-state index contributed by atoms with van der Waals surface area (Å²) in [6.45, 7) is 0.309. The van der Waals surface area contributed by atoms with Crippen LogP contribution in [0.1, 0.15) is 6.42 Å². The summed E-state index contributed by atoms with van der Waals surface area (Å²) in [5.74, 6) is 0.692. The topological polar surface area (TPSA) is 58.6 Å². The Kier molecular flexibility index (Phi) is 5.49. The van der Waals surface area contributed by atoms with E-state index in [0.29, 0.717) is 28.7 Å². The average Bonchev–Trinajstić information content (AvgIpc) is 3.12. The van der Waals surface area contributed by atoms with Gasteiger partial charge in [-0.05, 0) is 48.5 Å². The number of nitrogens with zero attached hydrogens (tertiary/aromatic N) is 1. The Morgan fingerprint density at radius 2 is 1.59 bits per heavy atom. The molecule has 0 aromatic heterocycles. The SMILES string of the molecule is O=C(Nc1ccc(Oc2ccccc2)cc1)[C@H]1CC(=O)N(c2ccccc2Cl)C1. The monoisotopic (exact) mass is 406 g/mol. The zero-order valence-electron chi connectivity index (χ0n) is 15.5. The van der Waals surface area contributed by atoms with E-state index in [9.17, 15) is 9.59 Å². The number of amides is 2. The molecule has 0 aliphatic carbocycles. The van der Waals surface area contributed by atoms with E-state index in [0.717, 1.165) is 5.75 Å². The fourth-order valence-corrected chi connectivity index (χ4v) is 3.50. The van der Waals surface area contributed by atoms with Crippen LogP contribution in [0, 0.1) is 5.92 Å². The molecule has 0 bridgehead atoms. The summed E-state index contributed by atoms with van der Waals surface area (Å²) < 4.78 is 5.75. The first kappa shape index (κ1) is 19.0. The predicted octanol–water partition coefficient (Wildman–Crippen LogP) is 5.12. The Balaban J connectivity index is 1.38. The summed E-state index contributed by atoms with van der Waals surface area (Å²) in [5.41, 5.74) is 1.29. The molecule has 1 fully saturated rings. The molecular formula is C23H19ClN2O3. The fourth-order valence-electron chi connectivity index (χ4n) is 3.26. The zero-order chi connectivity index (χ0) is 20.2. The number of ether oxygens (including phenoxy) is 1. The Hall–Kier alpha value is -3.31. The van der Waals surface area contributed by atoms with E-state index in [-0.39, 0.29) is 18.2 Å². The number of hydrogen-bond acceptors (Lipinski definition) is 3. The minimum atomic E-state index is -0.431. The van der Waals surface area contributed by atoms with Crippen LogP contribution in [-0.4, -0.2) is 18.4 Å². The van der Waals surface area contributed by atoms with Crippen molar-refractivity contribution in [1.29, 1.82) is 0 Å². The lowest BCUT2D eigenvalue weighted by Gasteiger charge is -2.18. The molecule has 0 radical (unpaired) electrons. The normalized spacial score (nSPS) is 16.0. The summed E-state index contributed by atoms with van der Waals surface area (Å²) in [7, 11) is 0. The van der Waals surface area contributed by atoms with Crippen LogP contribution in [-0.2, 0) is 9.59 Å². The molecular weight excluding hydrogens is 388 g/mol. The molecule has 1 aliphatic heterocycles.